The fourth-order valence-electron chi connectivity index (χ4n) is 2.10. The Hall–Kier alpha value is -0.320. The molecule has 0 radical (unpaired) electrons. The highest BCUT2D eigenvalue weighted by molar-refractivity contribution is 5.85. The zero-order valence-corrected chi connectivity index (χ0v) is 10.5. The van der Waals surface area contributed by atoms with Crippen LogP contribution in [-0.2, 0) is 4.79 Å². The molecule has 4 N–H and O–H groups in total. The number of nitrogens with two attached hydrogens (primary N) is 1. The number of hydrogen-bond donors (Lipinski definition) is 3. The van der Waals surface area contributed by atoms with Crippen molar-refractivity contribution in [2.45, 2.75) is 32.1 Å². The highest BCUT2D eigenvalue weighted by Gasteiger charge is 2.24. The molecule has 0 saturated heterocycles. The van der Waals surface area contributed by atoms with E-state index in [1.54, 1.807) is 0 Å². The molecular formula is C11H23ClN2O2. The summed E-state index contributed by atoms with van der Waals surface area (Å²) in [5.74, 6) is 0.942. The zero-order valence-electron chi connectivity index (χ0n) is 9.65. The highest BCUT2D eigenvalue weighted by atomic mass is 35.5. The van der Waals surface area contributed by atoms with Crippen LogP contribution in [0.1, 0.15) is 32.1 Å². The molecule has 4 nitrogen and oxygen atoms in total. The predicted octanol–water partition coefficient (Wildman–Crippen LogP) is 0.672. The smallest absolute Gasteiger partial charge is 0.223 e. The second-order valence-electron chi connectivity index (χ2n) is 4.32. The van der Waals surface area contributed by atoms with E-state index in [9.17, 15) is 4.79 Å². The summed E-state index contributed by atoms with van der Waals surface area (Å²) in [6.07, 6.45) is 4.73. The molecule has 0 heterocycles. The molecule has 0 aliphatic heterocycles. The first-order valence-electron chi connectivity index (χ1n) is 5.86. The number of halogens is 1. The Morgan fingerprint density at radius 3 is 2.44 bits per heavy atom. The number of nitrogens with one attached hydrogen (secondary N) is 1. The van der Waals surface area contributed by atoms with E-state index in [-0.39, 0.29) is 30.8 Å². The topological polar surface area (TPSA) is 75.4 Å². The lowest BCUT2D eigenvalue weighted by Crippen LogP contribution is -2.35. The maximum Gasteiger partial charge on any atom is 0.223 e. The van der Waals surface area contributed by atoms with Crippen molar-refractivity contribution < 1.29 is 9.90 Å². The maximum atomic E-state index is 11.6. The Kier molecular flexibility index (Phi) is 8.61. The molecule has 96 valence electrons. The molecule has 1 rings (SSSR count). The van der Waals surface area contributed by atoms with E-state index in [2.05, 4.69) is 5.32 Å². The summed E-state index contributed by atoms with van der Waals surface area (Å²) < 4.78 is 0. The second kappa shape index (κ2) is 8.79. The van der Waals surface area contributed by atoms with Crippen molar-refractivity contribution in [3.8, 4) is 0 Å². The van der Waals surface area contributed by atoms with Crippen LogP contribution < -0.4 is 11.1 Å². The number of carbonyl (C=O) groups excluding carboxylic acids is 1. The average Bonchev–Trinajstić information content (AvgIpc) is 2.29. The number of rotatable bonds is 5. The molecule has 0 spiro atoms. The van der Waals surface area contributed by atoms with Crippen molar-refractivity contribution in [2.75, 3.05) is 19.7 Å². The lowest BCUT2D eigenvalue weighted by atomic mass is 9.81. The molecule has 0 aromatic rings. The Balaban J connectivity index is 0.00000225. The van der Waals surface area contributed by atoms with Crippen molar-refractivity contribution >= 4 is 18.3 Å². The minimum absolute atomic E-state index is 0. The van der Waals surface area contributed by atoms with Crippen LogP contribution in [-0.4, -0.2) is 30.7 Å². The third-order valence-electron chi connectivity index (χ3n) is 3.18. The number of aliphatic hydroxyl groups excluding tert-OH is 1. The van der Waals surface area contributed by atoms with E-state index < -0.39 is 0 Å². The summed E-state index contributed by atoms with van der Waals surface area (Å²) in [5.41, 5.74) is 5.59. The first-order chi connectivity index (χ1) is 7.27. The van der Waals surface area contributed by atoms with Gasteiger partial charge in [0.15, 0.2) is 0 Å². The van der Waals surface area contributed by atoms with Crippen molar-refractivity contribution in [1.29, 1.82) is 0 Å². The summed E-state index contributed by atoms with van der Waals surface area (Å²) in [6.45, 7) is 1.48. The van der Waals surface area contributed by atoms with Gasteiger partial charge in [-0.25, -0.2) is 0 Å². The van der Waals surface area contributed by atoms with Crippen LogP contribution >= 0.6 is 12.4 Å². The molecule has 5 heteroatoms. The molecule has 0 aromatic heterocycles. The van der Waals surface area contributed by atoms with Crippen molar-refractivity contribution in [2.24, 2.45) is 17.6 Å². The van der Waals surface area contributed by atoms with E-state index in [0.717, 1.165) is 32.2 Å². The lowest BCUT2D eigenvalue weighted by Gasteiger charge is -2.26. The highest BCUT2D eigenvalue weighted by Crippen LogP contribution is 2.27. The Morgan fingerprint density at radius 2 is 1.94 bits per heavy atom. The van der Waals surface area contributed by atoms with Gasteiger partial charge in [0, 0.05) is 19.1 Å². The number of aliphatic hydroxyl groups is 1. The molecule has 1 saturated carbocycles. The predicted molar refractivity (Wildman–Crippen MR) is 66.5 cm³/mol. The summed E-state index contributed by atoms with van der Waals surface area (Å²) >= 11 is 0. The summed E-state index contributed by atoms with van der Waals surface area (Å²) in [6, 6.07) is 0. The fourth-order valence-corrected chi connectivity index (χ4v) is 2.10. The molecule has 0 bridgehead atoms. The van der Waals surface area contributed by atoms with Crippen LogP contribution in [0.3, 0.4) is 0 Å². The van der Waals surface area contributed by atoms with Crippen LogP contribution in [0.4, 0.5) is 0 Å². The third-order valence-corrected chi connectivity index (χ3v) is 3.18. The Morgan fingerprint density at radius 1 is 1.31 bits per heavy atom. The summed E-state index contributed by atoms with van der Waals surface area (Å²) in [7, 11) is 0. The quantitative estimate of drug-likeness (QED) is 0.628. The van der Waals surface area contributed by atoms with Gasteiger partial charge in [0.05, 0.1) is 0 Å². The van der Waals surface area contributed by atoms with E-state index >= 15 is 0 Å². The van der Waals surface area contributed by atoms with Gasteiger partial charge in [-0.1, -0.05) is 0 Å². The minimum Gasteiger partial charge on any atom is -0.396 e. The van der Waals surface area contributed by atoms with Crippen LogP contribution in [0.5, 0.6) is 0 Å². The van der Waals surface area contributed by atoms with Crippen LogP contribution in [0.15, 0.2) is 0 Å². The average molecular weight is 251 g/mol. The standard InChI is InChI=1S/C11H22N2O2.ClH/c12-8-9-2-4-10(5-3-9)11(15)13-6-1-7-14;/h9-10,14H,1-8,12H2,(H,13,15);1H/t9-,10-;. The summed E-state index contributed by atoms with van der Waals surface area (Å²) in [5, 5.41) is 11.4. The van der Waals surface area contributed by atoms with Crippen molar-refractivity contribution in [1.82, 2.24) is 5.32 Å². The minimum atomic E-state index is 0. The van der Waals surface area contributed by atoms with Crippen LogP contribution in [0.25, 0.3) is 0 Å². The summed E-state index contributed by atoms with van der Waals surface area (Å²) in [4.78, 5) is 11.6. The van der Waals surface area contributed by atoms with Gasteiger partial charge in [-0.2, -0.15) is 0 Å². The van der Waals surface area contributed by atoms with Gasteiger partial charge in [0.1, 0.15) is 0 Å². The largest absolute Gasteiger partial charge is 0.396 e. The van der Waals surface area contributed by atoms with Gasteiger partial charge in [0.2, 0.25) is 5.91 Å². The van der Waals surface area contributed by atoms with Crippen molar-refractivity contribution in [3.05, 3.63) is 0 Å². The molecule has 1 aliphatic carbocycles. The van der Waals surface area contributed by atoms with Gasteiger partial charge in [-0.15, -0.1) is 12.4 Å². The van der Waals surface area contributed by atoms with Crippen LogP contribution in [0.2, 0.25) is 0 Å². The number of hydrogen-bond acceptors (Lipinski definition) is 3. The maximum absolute atomic E-state index is 11.6. The van der Waals surface area contributed by atoms with E-state index in [1.165, 1.54) is 0 Å². The van der Waals surface area contributed by atoms with Gasteiger partial charge in [-0.05, 0) is 44.6 Å². The monoisotopic (exact) mass is 250 g/mol. The first-order valence-corrected chi connectivity index (χ1v) is 5.86. The molecule has 1 aliphatic rings. The SMILES string of the molecule is Cl.NC[C@H]1CC[C@H](C(=O)NCCCO)CC1. The molecular weight excluding hydrogens is 228 g/mol. The van der Waals surface area contributed by atoms with Crippen molar-refractivity contribution in [3.63, 3.8) is 0 Å². The van der Waals surface area contributed by atoms with Gasteiger partial charge >= 0.3 is 0 Å². The third kappa shape index (κ3) is 5.14. The molecule has 1 amide bonds. The van der Waals surface area contributed by atoms with Gasteiger partial charge in [-0.3, -0.25) is 4.79 Å². The molecule has 16 heavy (non-hydrogen) atoms. The molecule has 1 fully saturated rings. The molecule has 0 aromatic carbocycles. The van der Waals surface area contributed by atoms with Gasteiger partial charge in [0.25, 0.3) is 0 Å². The van der Waals surface area contributed by atoms with E-state index in [0.29, 0.717) is 18.9 Å². The zero-order chi connectivity index (χ0) is 11.1. The van der Waals surface area contributed by atoms with Crippen LogP contribution in [0, 0.1) is 11.8 Å². The first kappa shape index (κ1) is 15.7. The Labute approximate surface area is 103 Å². The lowest BCUT2D eigenvalue weighted by molar-refractivity contribution is -0.126. The second-order valence-corrected chi connectivity index (χ2v) is 4.32. The fraction of sp³-hybridized carbons (Fsp3) is 0.909. The van der Waals surface area contributed by atoms with E-state index in [1.807, 2.05) is 0 Å². The van der Waals surface area contributed by atoms with Gasteiger partial charge < -0.3 is 16.2 Å². The van der Waals surface area contributed by atoms with E-state index in [4.69, 9.17) is 10.8 Å². The normalized spacial score (nSPS) is 24.6. The number of carbonyl (C=O) groups is 1. The molecule has 0 unspecified atom stereocenters. The Bertz CT molecular complexity index is 194. The number of amides is 1. The molecule has 0 atom stereocenters.